The van der Waals surface area contributed by atoms with Crippen LogP contribution in [0, 0.1) is 11.6 Å². The molecular weight excluding hydrogens is 300 g/mol. The van der Waals surface area contributed by atoms with Gasteiger partial charge in [-0.15, -0.1) is 0 Å². The van der Waals surface area contributed by atoms with Crippen molar-refractivity contribution in [3.05, 3.63) is 28.8 Å². The van der Waals surface area contributed by atoms with E-state index in [1.807, 2.05) is 4.72 Å². The summed E-state index contributed by atoms with van der Waals surface area (Å²) in [7, 11) is -2.65. The lowest BCUT2D eigenvalue weighted by Gasteiger charge is -2.18. The SMILES string of the molecule is CN(CCCN)S(=O)(=O)Nc1c(F)cc(F)cc1Cl. The first-order chi connectivity index (χ1) is 8.77. The molecule has 1 aromatic rings. The number of nitrogens with one attached hydrogen (secondary N) is 1. The summed E-state index contributed by atoms with van der Waals surface area (Å²) >= 11 is 5.60. The minimum atomic E-state index is -3.96. The zero-order valence-electron chi connectivity index (χ0n) is 10.2. The van der Waals surface area contributed by atoms with Crippen LogP contribution in [0.25, 0.3) is 0 Å². The highest BCUT2D eigenvalue weighted by Gasteiger charge is 2.21. The summed E-state index contributed by atoms with van der Waals surface area (Å²) in [6.07, 6.45) is 0.455. The third-order valence-corrected chi connectivity index (χ3v) is 4.09. The molecule has 0 amide bonds. The van der Waals surface area contributed by atoms with Crippen LogP contribution in [0.2, 0.25) is 5.02 Å². The summed E-state index contributed by atoms with van der Waals surface area (Å²) in [6, 6.07) is 1.37. The second-order valence-electron chi connectivity index (χ2n) is 3.82. The van der Waals surface area contributed by atoms with Crippen LogP contribution in [0.4, 0.5) is 14.5 Å². The topological polar surface area (TPSA) is 75.4 Å². The number of nitrogens with zero attached hydrogens (tertiary/aromatic N) is 1. The third-order valence-electron chi connectivity index (χ3n) is 2.33. The largest absolute Gasteiger partial charge is 0.330 e. The van der Waals surface area contributed by atoms with Crippen LogP contribution in [-0.4, -0.2) is 32.9 Å². The van der Waals surface area contributed by atoms with Gasteiger partial charge in [-0.05, 0) is 19.0 Å². The van der Waals surface area contributed by atoms with E-state index < -0.39 is 27.5 Å². The van der Waals surface area contributed by atoms with Crippen LogP contribution in [0.5, 0.6) is 0 Å². The minimum absolute atomic E-state index is 0.173. The zero-order valence-corrected chi connectivity index (χ0v) is 11.7. The first-order valence-corrected chi connectivity index (χ1v) is 7.18. The van der Waals surface area contributed by atoms with Crippen molar-refractivity contribution in [2.24, 2.45) is 5.73 Å². The Morgan fingerprint density at radius 1 is 1.42 bits per heavy atom. The van der Waals surface area contributed by atoms with Gasteiger partial charge in [0.15, 0.2) is 5.82 Å². The quantitative estimate of drug-likeness (QED) is 0.837. The number of halogens is 3. The van der Waals surface area contributed by atoms with Crippen molar-refractivity contribution in [1.29, 1.82) is 0 Å². The van der Waals surface area contributed by atoms with Gasteiger partial charge < -0.3 is 5.73 Å². The lowest BCUT2D eigenvalue weighted by Crippen LogP contribution is -2.34. The van der Waals surface area contributed by atoms with E-state index in [0.29, 0.717) is 19.0 Å². The maximum atomic E-state index is 13.5. The maximum Gasteiger partial charge on any atom is 0.301 e. The maximum absolute atomic E-state index is 13.5. The Morgan fingerprint density at radius 3 is 2.58 bits per heavy atom. The van der Waals surface area contributed by atoms with E-state index in [9.17, 15) is 17.2 Å². The molecule has 0 aromatic heterocycles. The molecule has 0 unspecified atom stereocenters. The van der Waals surface area contributed by atoms with Gasteiger partial charge in [0.2, 0.25) is 0 Å². The molecule has 0 spiro atoms. The fraction of sp³-hybridized carbons (Fsp3) is 0.400. The van der Waals surface area contributed by atoms with Crippen molar-refractivity contribution in [2.45, 2.75) is 6.42 Å². The van der Waals surface area contributed by atoms with E-state index in [2.05, 4.69) is 0 Å². The molecule has 9 heteroatoms. The highest BCUT2D eigenvalue weighted by molar-refractivity contribution is 7.90. The van der Waals surface area contributed by atoms with Crippen molar-refractivity contribution >= 4 is 27.5 Å². The first kappa shape index (κ1) is 16.1. The van der Waals surface area contributed by atoms with Gasteiger partial charge in [-0.2, -0.15) is 12.7 Å². The predicted molar refractivity (Wildman–Crippen MR) is 70.2 cm³/mol. The standard InChI is InChI=1S/C10H14ClF2N3O2S/c1-16(4-2-3-14)19(17,18)15-10-8(11)5-7(12)6-9(10)13/h5-6,15H,2-4,14H2,1H3. The number of anilines is 1. The molecule has 1 aromatic carbocycles. The lowest BCUT2D eigenvalue weighted by molar-refractivity contribution is 0.468. The molecule has 0 saturated carbocycles. The van der Waals surface area contributed by atoms with Crippen LogP contribution >= 0.6 is 11.6 Å². The van der Waals surface area contributed by atoms with Crippen molar-refractivity contribution in [2.75, 3.05) is 24.9 Å². The lowest BCUT2D eigenvalue weighted by atomic mass is 10.3. The number of hydrogen-bond donors (Lipinski definition) is 2. The molecular formula is C10H14ClF2N3O2S. The second-order valence-corrected chi connectivity index (χ2v) is 6.00. The molecule has 0 saturated heterocycles. The fourth-order valence-corrected chi connectivity index (χ4v) is 2.57. The summed E-state index contributed by atoms with van der Waals surface area (Å²) in [5.74, 6) is -1.97. The smallest absolute Gasteiger partial charge is 0.301 e. The van der Waals surface area contributed by atoms with Crippen LogP contribution in [0.15, 0.2) is 12.1 Å². The number of benzene rings is 1. The normalized spacial score (nSPS) is 11.9. The predicted octanol–water partition coefficient (Wildman–Crippen LogP) is 1.56. The fourth-order valence-electron chi connectivity index (χ4n) is 1.28. The van der Waals surface area contributed by atoms with Gasteiger partial charge in [-0.1, -0.05) is 11.6 Å². The van der Waals surface area contributed by atoms with Gasteiger partial charge in [-0.3, -0.25) is 4.72 Å². The van der Waals surface area contributed by atoms with Crippen molar-refractivity contribution in [3.63, 3.8) is 0 Å². The van der Waals surface area contributed by atoms with Gasteiger partial charge in [0, 0.05) is 19.7 Å². The molecule has 0 fully saturated rings. The van der Waals surface area contributed by atoms with E-state index in [-0.39, 0.29) is 11.6 Å². The second kappa shape index (κ2) is 6.47. The van der Waals surface area contributed by atoms with Gasteiger partial charge >= 0.3 is 10.2 Å². The molecule has 19 heavy (non-hydrogen) atoms. The molecule has 108 valence electrons. The molecule has 0 radical (unpaired) electrons. The zero-order chi connectivity index (χ0) is 14.6. The monoisotopic (exact) mass is 313 g/mol. The summed E-state index contributed by atoms with van der Waals surface area (Å²) in [5.41, 5.74) is 4.79. The van der Waals surface area contributed by atoms with Crippen LogP contribution < -0.4 is 10.5 Å². The van der Waals surface area contributed by atoms with E-state index in [4.69, 9.17) is 17.3 Å². The number of hydrogen-bond acceptors (Lipinski definition) is 3. The summed E-state index contributed by atoms with van der Waals surface area (Å²) in [4.78, 5) is 0. The average molecular weight is 314 g/mol. The third kappa shape index (κ3) is 4.27. The van der Waals surface area contributed by atoms with Gasteiger partial charge in [-0.25, -0.2) is 8.78 Å². The Bertz CT molecular complexity index is 531. The van der Waals surface area contributed by atoms with Crippen LogP contribution in [0.3, 0.4) is 0 Å². The van der Waals surface area contributed by atoms with E-state index >= 15 is 0 Å². The Balaban J connectivity index is 2.96. The molecule has 0 aliphatic rings. The summed E-state index contributed by atoms with van der Waals surface area (Å²) in [5, 5.41) is -0.353. The molecule has 0 aliphatic heterocycles. The Morgan fingerprint density at radius 2 is 2.05 bits per heavy atom. The first-order valence-electron chi connectivity index (χ1n) is 5.36. The summed E-state index contributed by atoms with van der Waals surface area (Å²) < 4.78 is 53.0. The summed E-state index contributed by atoms with van der Waals surface area (Å²) in [6.45, 7) is 0.498. The molecule has 0 atom stereocenters. The van der Waals surface area contributed by atoms with E-state index in [1.54, 1.807) is 0 Å². The van der Waals surface area contributed by atoms with Crippen molar-refractivity contribution < 1.29 is 17.2 Å². The molecule has 0 aliphatic carbocycles. The highest BCUT2D eigenvalue weighted by Crippen LogP contribution is 2.27. The minimum Gasteiger partial charge on any atom is -0.330 e. The van der Waals surface area contributed by atoms with E-state index in [1.165, 1.54) is 7.05 Å². The highest BCUT2D eigenvalue weighted by atomic mass is 35.5. The molecule has 1 rings (SSSR count). The Kier molecular flexibility index (Phi) is 5.48. The molecule has 0 bridgehead atoms. The molecule has 0 heterocycles. The average Bonchev–Trinajstić information content (AvgIpc) is 2.30. The van der Waals surface area contributed by atoms with Crippen LogP contribution in [0.1, 0.15) is 6.42 Å². The Labute approximate surface area is 115 Å². The van der Waals surface area contributed by atoms with Crippen LogP contribution in [-0.2, 0) is 10.2 Å². The number of rotatable bonds is 6. The van der Waals surface area contributed by atoms with Crippen molar-refractivity contribution in [1.82, 2.24) is 4.31 Å². The van der Waals surface area contributed by atoms with Crippen molar-refractivity contribution in [3.8, 4) is 0 Å². The van der Waals surface area contributed by atoms with E-state index in [0.717, 1.165) is 10.4 Å². The molecule has 3 N–H and O–H groups in total. The van der Waals surface area contributed by atoms with Gasteiger partial charge in [0.05, 0.1) is 5.02 Å². The van der Waals surface area contributed by atoms with Gasteiger partial charge in [0.25, 0.3) is 0 Å². The number of nitrogens with two attached hydrogens (primary N) is 1. The molecule has 5 nitrogen and oxygen atoms in total. The van der Waals surface area contributed by atoms with Gasteiger partial charge in [0.1, 0.15) is 11.5 Å². The Hall–Kier alpha value is -0.960.